The lowest BCUT2D eigenvalue weighted by Gasteiger charge is -2.37. The van der Waals surface area contributed by atoms with Crippen molar-refractivity contribution in [1.82, 2.24) is 20.2 Å². The van der Waals surface area contributed by atoms with Gasteiger partial charge in [0, 0.05) is 51.2 Å². The molecule has 0 saturated carbocycles. The molecule has 0 spiro atoms. The Morgan fingerprint density at radius 3 is 2.38 bits per heavy atom. The Morgan fingerprint density at radius 2 is 1.81 bits per heavy atom. The van der Waals surface area contributed by atoms with E-state index in [1.54, 1.807) is 0 Å². The maximum absolute atomic E-state index is 4.34. The van der Waals surface area contributed by atoms with Crippen molar-refractivity contribution in [3.8, 4) is 0 Å². The summed E-state index contributed by atoms with van der Waals surface area (Å²) in [5, 5.41) is 3.68. The third-order valence-electron chi connectivity index (χ3n) is 4.12. The summed E-state index contributed by atoms with van der Waals surface area (Å²) in [4.78, 5) is 13.5. The van der Waals surface area contributed by atoms with Gasteiger partial charge in [-0.1, -0.05) is 20.8 Å². The number of aromatic nitrogens is 2. The highest BCUT2D eigenvalue weighted by molar-refractivity contribution is 5.29. The molecule has 1 aromatic heterocycles. The highest BCUT2D eigenvalue weighted by atomic mass is 15.3. The van der Waals surface area contributed by atoms with Crippen LogP contribution in [0.25, 0.3) is 0 Å². The zero-order valence-electron chi connectivity index (χ0n) is 13.6. The zero-order chi connectivity index (χ0) is 15.1. The monoisotopic (exact) mass is 291 g/mol. The van der Waals surface area contributed by atoms with E-state index >= 15 is 0 Å². The highest BCUT2D eigenvalue weighted by Gasteiger charge is 2.22. The number of hydrogen-bond donors (Lipinski definition) is 1. The fourth-order valence-electron chi connectivity index (χ4n) is 2.70. The van der Waals surface area contributed by atoms with E-state index in [1.807, 2.05) is 18.5 Å². The summed E-state index contributed by atoms with van der Waals surface area (Å²) in [6.45, 7) is 13.3. The molecule has 1 aliphatic rings. The molecule has 0 amide bonds. The molecule has 1 unspecified atom stereocenters. The molecule has 5 heteroatoms. The number of nitrogens with one attached hydrogen (secondary N) is 1. The van der Waals surface area contributed by atoms with E-state index in [4.69, 9.17) is 0 Å². The molecule has 2 heterocycles. The first-order chi connectivity index (χ1) is 10.2. The third kappa shape index (κ3) is 4.93. The van der Waals surface area contributed by atoms with E-state index in [9.17, 15) is 0 Å². The predicted octanol–water partition coefficient (Wildman–Crippen LogP) is 1.62. The van der Waals surface area contributed by atoms with Gasteiger partial charge in [0.05, 0.1) is 0 Å². The summed E-state index contributed by atoms with van der Waals surface area (Å²) in [5.41, 5.74) is 0. The lowest BCUT2D eigenvalue weighted by Crippen LogP contribution is -2.52. The molecule has 2 rings (SSSR count). The van der Waals surface area contributed by atoms with E-state index in [-0.39, 0.29) is 0 Å². The fourth-order valence-corrected chi connectivity index (χ4v) is 2.70. The van der Waals surface area contributed by atoms with E-state index < -0.39 is 0 Å². The SMILES string of the molecule is CCCNC(CN1CCN(c2ncccn2)CC1)C(C)C. The first kappa shape index (κ1) is 16.2. The molecule has 1 atom stereocenters. The summed E-state index contributed by atoms with van der Waals surface area (Å²) in [6, 6.07) is 2.45. The van der Waals surface area contributed by atoms with Crippen molar-refractivity contribution in [2.24, 2.45) is 5.92 Å². The normalized spacial score (nSPS) is 18.2. The van der Waals surface area contributed by atoms with Crippen LogP contribution in [0.15, 0.2) is 18.5 Å². The number of rotatable bonds is 7. The van der Waals surface area contributed by atoms with Crippen molar-refractivity contribution < 1.29 is 0 Å². The molecule has 0 radical (unpaired) electrons. The minimum atomic E-state index is 0.587. The molecule has 1 aromatic rings. The van der Waals surface area contributed by atoms with Crippen LogP contribution in [-0.2, 0) is 0 Å². The Bertz CT molecular complexity index is 387. The number of anilines is 1. The lowest BCUT2D eigenvalue weighted by atomic mass is 10.0. The van der Waals surface area contributed by atoms with Crippen LogP contribution in [0, 0.1) is 5.92 Å². The zero-order valence-corrected chi connectivity index (χ0v) is 13.6. The maximum atomic E-state index is 4.34. The third-order valence-corrected chi connectivity index (χ3v) is 4.12. The van der Waals surface area contributed by atoms with Crippen LogP contribution < -0.4 is 10.2 Å². The summed E-state index contributed by atoms with van der Waals surface area (Å²) in [6.07, 6.45) is 4.83. The molecule has 1 saturated heterocycles. The van der Waals surface area contributed by atoms with Gasteiger partial charge in [-0.3, -0.25) is 4.90 Å². The molecule has 0 bridgehead atoms. The standard InChI is InChI=1S/C16H29N5/c1-4-6-17-15(14(2)3)13-20-9-11-21(12-10-20)16-18-7-5-8-19-16/h5,7-8,14-15,17H,4,6,9-13H2,1-3H3. The van der Waals surface area contributed by atoms with Crippen molar-refractivity contribution in [3.63, 3.8) is 0 Å². The second-order valence-electron chi connectivity index (χ2n) is 6.14. The fraction of sp³-hybridized carbons (Fsp3) is 0.750. The molecule has 0 aromatic carbocycles. The first-order valence-corrected chi connectivity index (χ1v) is 8.18. The van der Waals surface area contributed by atoms with Crippen LogP contribution in [0.2, 0.25) is 0 Å². The van der Waals surface area contributed by atoms with Gasteiger partial charge in [-0.15, -0.1) is 0 Å². The molecule has 1 N–H and O–H groups in total. The molecule has 21 heavy (non-hydrogen) atoms. The van der Waals surface area contributed by atoms with Gasteiger partial charge in [-0.2, -0.15) is 0 Å². The summed E-state index contributed by atoms with van der Waals surface area (Å²) < 4.78 is 0. The molecule has 1 fully saturated rings. The van der Waals surface area contributed by atoms with Crippen molar-refractivity contribution in [2.45, 2.75) is 33.2 Å². The van der Waals surface area contributed by atoms with E-state index in [0.717, 1.165) is 45.2 Å². The second kappa shape index (κ2) is 8.29. The smallest absolute Gasteiger partial charge is 0.225 e. The summed E-state index contributed by atoms with van der Waals surface area (Å²) in [7, 11) is 0. The minimum Gasteiger partial charge on any atom is -0.338 e. The Hall–Kier alpha value is -1.20. The van der Waals surface area contributed by atoms with Crippen LogP contribution in [-0.4, -0.2) is 60.2 Å². The van der Waals surface area contributed by atoms with Crippen molar-refractivity contribution in [1.29, 1.82) is 0 Å². The summed E-state index contributed by atoms with van der Waals surface area (Å²) >= 11 is 0. The first-order valence-electron chi connectivity index (χ1n) is 8.18. The Labute approximate surface area is 128 Å². The number of piperazine rings is 1. The Kier molecular flexibility index (Phi) is 6.39. The molecular formula is C16H29N5. The highest BCUT2D eigenvalue weighted by Crippen LogP contribution is 2.11. The van der Waals surface area contributed by atoms with Crippen LogP contribution in [0.4, 0.5) is 5.95 Å². The topological polar surface area (TPSA) is 44.3 Å². The van der Waals surface area contributed by atoms with Crippen LogP contribution in [0.5, 0.6) is 0 Å². The second-order valence-corrected chi connectivity index (χ2v) is 6.14. The van der Waals surface area contributed by atoms with Gasteiger partial charge in [0.15, 0.2) is 0 Å². The van der Waals surface area contributed by atoms with Crippen molar-refractivity contribution >= 4 is 5.95 Å². The largest absolute Gasteiger partial charge is 0.338 e. The number of hydrogen-bond acceptors (Lipinski definition) is 5. The van der Waals surface area contributed by atoms with Gasteiger partial charge >= 0.3 is 0 Å². The Morgan fingerprint density at radius 1 is 1.14 bits per heavy atom. The van der Waals surface area contributed by atoms with Crippen LogP contribution in [0.1, 0.15) is 27.2 Å². The lowest BCUT2D eigenvalue weighted by molar-refractivity contribution is 0.207. The predicted molar refractivity (Wildman–Crippen MR) is 87.6 cm³/mol. The van der Waals surface area contributed by atoms with Gasteiger partial charge in [0.1, 0.15) is 0 Å². The maximum Gasteiger partial charge on any atom is 0.225 e. The molecule has 0 aliphatic carbocycles. The van der Waals surface area contributed by atoms with Crippen LogP contribution in [0.3, 0.4) is 0 Å². The van der Waals surface area contributed by atoms with E-state index in [0.29, 0.717) is 12.0 Å². The molecule has 5 nitrogen and oxygen atoms in total. The van der Waals surface area contributed by atoms with Gasteiger partial charge in [-0.25, -0.2) is 9.97 Å². The minimum absolute atomic E-state index is 0.587. The Balaban J connectivity index is 1.80. The molecular weight excluding hydrogens is 262 g/mol. The van der Waals surface area contributed by atoms with Crippen LogP contribution >= 0.6 is 0 Å². The van der Waals surface area contributed by atoms with Gasteiger partial charge in [0.25, 0.3) is 0 Å². The van der Waals surface area contributed by atoms with Gasteiger partial charge < -0.3 is 10.2 Å². The quantitative estimate of drug-likeness (QED) is 0.827. The average molecular weight is 291 g/mol. The average Bonchev–Trinajstić information content (AvgIpc) is 2.52. The van der Waals surface area contributed by atoms with Crippen molar-refractivity contribution in [2.75, 3.05) is 44.2 Å². The van der Waals surface area contributed by atoms with Gasteiger partial charge in [0.2, 0.25) is 5.95 Å². The van der Waals surface area contributed by atoms with E-state index in [2.05, 4.69) is 45.9 Å². The molecule has 118 valence electrons. The van der Waals surface area contributed by atoms with Gasteiger partial charge in [-0.05, 0) is 24.9 Å². The van der Waals surface area contributed by atoms with Crippen molar-refractivity contribution in [3.05, 3.63) is 18.5 Å². The number of nitrogens with zero attached hydrogens (tertiary/aromatic N) is 4. The van der Waals surface area contributed by atoms with E-state index in [1.165, 1.54) is 6.42 Å². The summed E-state index contributed by atoms with van der Waals surface area (Å²) in [5.74, 6) is 1.54. The molecule has 1 aliphatic heterocycles.